The van der Waals surface area contributed by atoms with Crippen LogP contribution in [-0.2, 0) is 9.84 Å². The van der Waals surface area contributed by atoms with E-state index in [0.29, 0.717) is 5.75 Å². The van der Waals surface area contributed by atoms with Crippen LogP contribution in [0, 0.1) is 0 Å². The summed E-state index contributed by atoms with van der Waals surface area (Å²) in [6.07, 6.45) is -0.829. The molecule has 0 heterocycles. The van der Waals surface area contributed by atoms with Gasteiger partial charge in [-0.15, -0.1) is 11.6 Å². The van der Waals surface area contributed by atoms with Crippen LogP contribution in [-0.4, -0.2) is 61.3 Å². The maximum atomic E-state index is 12.9. The molecule has 0 fully saturated rings. The van der Waals surface area contributed by atoms with Gasteiger partial charge in [0.25, 0.3) is 0 Å². The normalized spacial score (nSPS) is 13.2. The van der Waals surface area contributed by atoms with E-state index in [1.165, 1.54) is 24.3 Å². The number of hydrogen-bond donors (Lipinski definition) is 4. The molecule has 30 heavy (non-hydrogen) atoms. The van der Waals surface area contributed by atoms with E-state index in [1.807, 2.05) is 0 Å². The summed E-state index contributed by atoms with van der Waals surface area (Å²) in [6, 6.07) is 7.81. The zero-order valence-corrected chi connectivity index (χ0v) is 18.5. The van der Waals surface area contributed by atoms with Gasteiger partial charge in [-0.25, -0.2) is 8.42 Å². The fraction of sp³-hybridized carbons (Fsp3) is 0.333. The second kappa shape index (κ2) is 10.3. The highest BCUT2D eigenvalue weighted by molar-refractivity contribution is 7.91. The monoisotopic (exact) mass is 499 g/mol. The Morgan fingerprint density at radius 3 is 2.10 bits per heavy atom. The Morgan fingerprint density at radius 2 is 1.60 bits per heavy atom. The molecule has 8 nitrogen and oxygen atoms in total. The smallest absolute Gasteiger partial charge is 0.211 e. The molecule has 0 saturated carbocycles. The van der Waals surface area contributed by atoms with Crippen LogP contribution in [0.15, 0.2) is 46.2 Å². The number of hydrogen-bond acceptors (Lipinski definition) is 8. The summed E-state index contributed by atoms with van der Waals surface area (Å²) in [4.78, 5) is -0.226. The first-order valence-electron chi connectivity index (χ1n) is 8.49. The van der Waals surface area contributed by atoms with Crippen molar-refractivity contribution >= 4 is 44.6 Å². The van der Waals surface area contributed by atoms with Crippen LogP contribution < -0.4 is 15.2 Å². The molecule has 0 aromatic heterocycles. The second-order valence-corrected chi connectivity index (χ2v) is 9.33. The van der Waals surface area contributed by atoms with Gasteiger partial charge in [0.05, 0.1) is 25.7 Å². The molecular weight excluding hydrogens is 481 g/mol. The lowest BCUT2D eigenvalue weighted by Gasteiger charge is -2.20. The van der Waals surface area contributed by atoms with Crippen molar-refractivity contribution in [1.82, 2.24) is 0 Å². The molecule has 5 N–H and O–H groups in total. The van der Waals surface area contributed by atoms with Crippen molar-refractivity contribution in [2.45, 2.75) is 21.7 Å². The van der Waals surface area contributed by atoms with Crippen molar-refractivity contribution in [2.24, 2.45) is 5.73 Å². The molecule has 0 aliphatic rings. The zero-order chi connectivity index (χ0) is 22.5. The number of sulfone groups is 1. The van der Waals surface area contributed by atoms with Crippen LogP contribution in [0.5, 0.6) is 11.5 Å². The molecule has 1 atom stereocenters. The average molecular weight is 501 g/mol. The van der Waals surface area contributed by atoms with Gasteiger partial charge in [-0.05, 0) is 36.4 Å². The van der Waals surface area contributed by atoms with Crippen molar-refractivity contribution in [1.29, 1.82) is 0 Å². The number of alkyl halides is 1. The molecule has 2 aromatic rings. The molecule has 2 rings (SSSR count). The van der Waals surface area contributed by atoms with Gasteiger partial charge in [0.15, 0.2) is 5.75 Å². The van der Waals surface area contributed by atoms with E-state index in [9.17, 15) is 23.7 Å². The summed E-state index contributed by atoms with van der Waals surface area (Å²) in [7, 11) is -3.97. The summed E-state index contributed by atoms with van der Waals surface area (Å²) >= 11 is 17.6. The van der Waals surface area contributed by atoms with E-state index in [-0.39, 0.29) is 38.7 Å². The molecule has 0 unspecified atom stereocenters. The van der Waals surface area contributed by atoms with Crippen molar-refractivity contribution in [3.63, 3.8) is 0 Å². The van der Waals surface area contributed by atoms with E-state index in [4.69, 9.17) is 50.0 Å². The number of benzene rings is 2. The maximum Gasteiger partial charge on any atom is 0.211 e. The van der Waals surface area contributed by atoms with E-state index >= 15 is 0 Å². The number of halogens is 3. The van der Waals surface area contributed by atoms with Gasteiger partial charge < -0.3 is 30.5 Å². The summed E-state index contributed by atoms with van der Waals surface area (Å²) in [5.41, 5.74) is 5.29. The van der Waals surface area contributed by atoms with Crippen molar-refractivity contribution in [2.75, 3.05) is 25.6 Å². The van der Waals surface area contributed by atoms with Gasteiger partial charge in [-0.1, -0.05) is 23.2 Å². The minimum atomic E-state index is -3.97. The van der Waals surface area contributed by atoms with Gasteiger partial charge >= 0.3 is 0 Å². The van der Waals surface area contributed by atoms with Crippen LogP contribution in [0.4, 0.5) is 0 Å². The lowest BCUT2D eigenvalue weighted by Crippen LogP contribution is -2.37. The van der Waals surface area contributed by atoms with Gasteiger partial charge in [-0.2, -0.15) is 0 Å². The highest BCUT2D eigenvalue weighted by Crippen LogP contribution is 2.37. The first-order chi connectivity index (χ1) is 14.0. The fourth-order valence-corrected chi connectivity index (χ4v) is 4.28. The molecule has 0 saturated heterocycles. The minimum absolute atomic E-state index is 0.0258. The quantitative estimate of drug-likeness (QED) is 0.286. The standard InChI is InChI=1S/C18H20Cl3NO7S/c19-9-18(24,25)10-29-17-15(20)5-14(6-16(17)21)30(26,27)13-3-1-12(2-4-13)28-8-11(23)7-22/h1-6,11,23-25H,7-10,22H2/t11-/m1/s1. The summed E-state index contributed by atoms with van der Waals surface area (Å²) in [5, 5.41) is 28.1. The third-order valence-electron chi connectivity index (χ3n) is 3.79. The maximum absolute atomic E-state index is 12.9. The number of aliphatic hydroxyl groups is 3. The first kappa shape index (κ1) is 25.0. The molecule has 2 aromatic carbocycles. The molecule has 0 bridgehead atoms. The highest BCUT2D eigenvalue weighted by Gasteiger charge is 2.26. The predicted molar refractivity (Wildman–Crippen MR) is 112 cm³/mol. The van der Waals surface area contributed by atoms with E-state index in [0.717, 1.165) is 12.1 Å². The molecule has 0 aliphatic carbocycles. The first-order valence-corrected chi connectivity index (χ1v) is 11.3. The molecule has 12 heteroatoms. The van der Waals surface area contributed by atoms with E-state index in [1.54, 1.807) is 0 Å². The lowest BCUT2D eigenvalue weighted by molar-refractivity contribution is -0.162. The summed E-state index contributed by atoms with van der Waals surface area (Å²) in [5.74, 6) is -2.57. The molecule has 0 aliphatic heterocycles. The van der Waals surface area contributed by atoms with Crippen LogP contribution in [0.2, 0.25) is 10.0 Å². The number of ether oxygens (including phenoxy) is 2. The topological polar surface area (TPSA) is 139 Å². The predicted octanol–water partition coefficient (Wildman–Crippen LogP) is 1.82. The second-order valence-electron chi connectivity index (χ2n) is 6.30. The van der Waals surface area contributed by atoms with Crippen LogP contribution in [0.25, 0.3) is 0 Å². The Hall–Kier alpha value is -1.30. The van der Waals surface area contributed by atoms with E-state index < -0.39 is 34.2 Å². The number of rotatable bonds is 10. The molecular formula is C18H20Cl3NO7S. The minimum Gasteiger partial charge on any atom is -0.491 e. The van der Waals surface area contributed by atoms with Gasteiger partial charge in [0.2, 0.25) is 15.6 Å². The molecule has 166 valence electrons. The van der Waals surface area contributed by atoms with E-state index in [2.05, 4.69) is 0 Å². The molecule has 0 amide bonds. The third-order valence-corrected chi connectivity index (χ3v) is 6.53. The van der Waals surface area contributed by atoms with Crippen molar-refractivity contribution in [3.05, 3.63) is 46.4 Å². The summed E-state index contributed by atoms with van der Waals surface area (Å²) in [6.45, 7) is -0.610. The van der Waals surface area contributed by atoms with Gasteiger partial charge in [0.1, 0.15) is 25.1 Å². The SMILES string of the molecule is NC[C@@H](O)COc1ccc(S(=O)(=O)c2cc(Cl)c(OCC(O)(O)CCl)c(Cl)c2)cc1. The lowest BCUT2D eigenvalue weighted by atomic mass is 10.3. The third kappa shape index (κ3) is 6.35. The van der Waals surface area contributed by atoms with Crippen molar-refractivity contribution < 1.29 is 33.2 Å². The van der Waals surface area contributed by atoms with Crippen LogP contribution >= 0.6 is 34.8 Å². The Labute approximate surface area is 188 Å². The number of aliphatic hydroxyl groups excluding tert-OH is 1. The Morgan fingerprint density at radius 1 is 1.03 bits per heavy atom. The van der Waals surface area contributed by atoms with Gasteiger partial charge in [0, 0.05) is 6.54 Å². The zero-order valence-electron chi connectivity index (χ0n) is 15.5. The van der Waals surface area contributed by atoms with Gasteiger partial charge in [-0.3, -0.25) is 0 Å². The Bertz CT molecular complexity index is 945. The van der Waals surface area contributed by atoms with Crippen LogP contribution in [0.3, 0.4) is 0 Å². The Balaban J connectivity index is 2.23. The largest absolute Gasteiger partial charge is 0.491 e. The van der Waals surface area contributed by atoms with Crippen molar-refractivity contribution in [3.8, 4) is 11.5 Å². The molecule has 0 radical (unpaired) electrons. The Kier molecular flexibility index (Phi) is 8.60. The number of nitrogens with two attached hydrogens (primary N) is 1. The highest BCUT2D eigenvalue weighted by atomic mass is 35.5. The average Bonchev–Trinajstić information content (AvgIpc) is 2.71. The van der Waals surface area contributed by atoms with Crippen LogP contribution in [0.1, 0.15) is 0 Å². The fourth-order valence-electron chi connectivity index (χ4n) is 2.17. The summed E-state index contributed by atoms with van der Waals surface area (Å²) < 4.78 is 36.3. The molecule has 0 spiro atoms.